The van der Waals surface area contributed by atoms with Crippen LogP contribution in [0.25, 0.3) is 0 Å². The quantitative estimate of drug-likeness (QED) is 0.608. The van der Waals surface area contributed by atoms with Gasteiger partial charge in [-0.3, -0.25) is 9.79 Å². The minimum Gasteiger partial charge on any atom is -0.508 e. The Balaban J connectivity index is 1.71. The van der Waals surface area contributed by atoms with Gasteiger partial charge in [-0.25, -0.2) is 4.79 Å². The highest BCUT2D eigenvalue weighted by molar-refractivity contribution is 6.46. The Hall–Kier alpha value is -3.15. The van der Waals surface area contributed by atoms with E-state index in [4.69, 9.17) is 9.73 Å². The average molecular weight is 463 g/mol. The number of esters is 1. The number of carbonyl (C=O) groups is 2. The summed E-state index contributed by atoms with van der Waals surface area (Å²) in [6, 6.07) is 13.8. The van der Waals surface area contributed by atoms with E-state index in [0.29, 0.717) is 22.8 Å². The van der Waals surface area contributed by atoms with E-state index in [-0.39, 0.29) is 29.1 Å². The van der Waals surface area contributed by atoms with Gasteiger partial charge in [0.05, 0.1) is 18.7 Å². The van der Waals surface area contributed by atoms with Gasteiger partial charge in [0.25, 0.3) is 5.91 Å². The largest absolute Gasteiger partial charge is 0.508 e. The summed E-state index contributed by atoms with van der Waals surface area (Å²) in [5.41, 5.74) is 2.05. The van der Waals surface area contributed by atoms with Crippen molar-refractivity contribution in [2.45, 2.75) is 65.1 Å². The molecular formula is C28H34N2O4. The van der Waals surface area contributed by atoms with Crippen LogP contribution in [-0.2, 0) is 9.53 Å². The van der Waals surface area contributed by atoms with Gasteiger partial charge >= 0.3 is 5.97 Å². The third-order valence-corrected chi connectivity index (χ3v) is 7.52. The van der Waals surface area contributed by atoms with Crippen LogP contribution in [-0.4, -0.2) is 40.4 Å². The van der Waals surface area contributed by atoms with Crippen molar-refractivity contribution < 1.29 is 19.4 Å². The molecule has 1 saturated carbocycles. The van der Waals surface area contributed by atoms with Gasteiger partial charge in [0.2, 0.25) is 0 Å². The summed E-state index contributed by atoms with van der Waals surface area (Å²) in [5, 5.41) is 10.0. The lowest BCUT2D eigenvalue weighted by Crippen LogP contribution is -2.50. The first kappa shape index (κ1) is 24.0. The van der Waals surface area contributed by atoms with Crippen LogP contribution in [0.15, 0.2) is 53.5 Å². The van der Waals surface area contributed by atoms with Gasteiger partial charge in [-0.2, -0.15) is 0 Å². The van der Waals surface area contributed by atoms with E-state index >= 15 is 0 Å². The number of phenolic OH excluding ortho intramolecular Hbond substituents is 1. The van der Waals surface area contributed by atoms with E-state index in [0.717, 1.165) is 31.2 Å². The molecule has 0 saturated heterocycles. The predicted molar refractivity (Wildman–Crippen MR) is 132 cm³/mol. The molecule has 1 aliphatic heterocycles. The number of carbonyl (C=O) groups excluding carboxylic acids is 2. The fourth-order valence-electron chi connectivity index (χ4n) is 5.45. The fraction of sp³-hybridized carbons (Fsp3) is 0.464. The maximum atomic E-state index is 13.8. The molecule has 1 fully saturated rings. The van der Waals surface area contributed by atoms with Crippen LogP contribution < -0.4 is 0 Å². The van der Waals surface area contributed by atoms with Gasteiger partial charge in [-0.15, -0.1) is 0 Å². The number of aliphatic imine (C=N–C) groups is 1. The number of aromatic hydroxyl groups is 1. The van der Waals surface area contributed by atoms with Crippen molar-refractivity contribution in [3.63, 3.8) is 0 Å². The summed E-state index contributed by atoms with van der Waals surface area (Å²) in [6.07, 6.45) is 3.59. The molecule has 6 nitrogen and oxygen atoms in total. The van der Waals surface area contributed by atoms with Crippen LogP contribution in [0, 0.1) is 11.3 Å². The highest BCUT2D eigenvalue weighted by Gasteiger charge is 2.51. The van der Waals surface area contributed by atoms with Crippen molar-refractivity contribution in [1.82, 2.24) is 4.90 Å². The zero-order valence-electron chi connectivity index (χ0n) is 20.7. The van der Waals surface area contributed by atoms with E-state index in [2.05, 4.69) is 20.8 Å². The van der Waals surface area contributed by atoms with E-state index in [9.17, 15) is 14.7 Å². The van der Waals surface area contributed by atoms with Gasteiger partial charge in [0.15, 0.2) is 0 Å². The Kier molecular flexibility index (Phi) is 6.28. The number of hydrogen-bond acceptors (Lipinski definition) is 5. The second-order valence-corrected chi connectivity index (χ2v) is 10.6. The van der Waals surface area contributed by atoms with Crippen molar-refractivity contribution in [3.8, 4) is 5.75 Å². The van der Waals surface area contributed by atoms with Crippen molar-refractivity contribution >= 4 is 17.6 Å². The minimum absolute atomic E-state index is 0.114. The number of ether oxygens (including phenoxy) is 1. The van der Waals surface area contributed by atoms with Crippen LogP contribution >= 0.6 is 0 Å². The number of amides is 1. The Morgan fingerprint density at radius 3 is 2.35 bits per heavy atom. The Bertz CT molecular complexity index is 1110. The Morgan fingerprint density at radius 2 is 1.79 bits per heavy atom. The molecular weight excluding hydrogens is 428 g/mol. The number of phenols is 1. The minimum atomic E-state index is -0.611. The van der Waals surface area contributed by atoms with Crippen molar-refractivity contribution in [2.24, 2.45) is 16.3 Å². The Labute approximate surface area is 201 Å². The molecule has 180 valence electrons. The van der Waals surface area contributed by atoms with Crippen LogP contribution in [0.3, 0.4) is 0 Å². The highest BCUT2D eigenvalue weighted by Crippen LogP contribution is 2.49. The second-order valence-electron chi connectivity index (χ2n) is 10.6. The van der Waals surface area contributed by atoms with Crippen molar-refractivity contribution in [1.29, 1.82) is 0 Å². The molecule has 0 unspecified atom stereocenters. The summed E-state index contributed by atoms with van der Waals surface area (Å²) in [7, 11) is 1.36. The third-order valence-electron chi connectivity index (χ3n) is 7.52. The number of nitrogens with zero attached hydrogens (tertiary/aromatic N) is 2. The molecule has 4 rings (SSSR count). The van der Waals surface area contributed by atoms with E-state index in [1.54, 1.807) is 30.3 Å². The molecule has 6 heteroatoms. The number of methoxy groups -OCH3 is 1. The molecule has 1 atom stereocenters. The summed E-state index contributed by atoms with van der Waals surface area (Å²) < 4.78 is 4.81. The van der Waals surface area contributed by atoms with Crippen molar-refractivity contribution in [2.75, 3.05) is 7.11 Å². The third kappa shape index (κ3) is 4.33. The average Bonchev–Trinajstić information content (AvgIpc) is 3.09. The normalized spacial score (nSPS) is 23.7. The molecule has 0 radical (unpaired) electrons. The fourth-order valence-corrected chi connectivity index (χ4v) is 5.45. The lowest BCUT2D eigenvalue weighted by Gasteiger charge is -2.46. The summed E-state index contributed by atoms with van der Waals surface area (Å²) >= 11 is 0. The number of benzene rings is 2. The lowest BCUT2D eigenvalue weighted by atomic mass is 9.69. The van der Waals surface area contributed by atoms with E-state index in [1.165, 1.54) is 7.11 Å². The first-order valence-electron chi connectivity index (χ1n) is 12.0. The molecule has 0 aromatic heterocycles. The highest BCUT2D eigenvalue weighted by atomic mass is 16.5. The van der Waals surface area contributed by atoms with Gasteiger partial charge in [-0.05, 0) is 73.8 Å². The molecule has 2 aromatic carbocycles. The first-order chi connectivity index (χ1) is 16.1. The topological polar surface area (TPSA) is 79.2 Å². The first-order valence-corrected chi connectivity index (χ1v) is 12.0. The van der Waals surface area contributed by atoms with Gasteiger partial charge in [0.1, 0.15) is 17.1 Å². The molecule has 34 heavy (non-hydrogen) atoms. The molecule has 2 aliphatic rings. The van der Waals surface area contributed by atoms with E-state index < -0.39 is 5.66 Å². The zero-order chi connectivity index (χ0) is 24.7. The number of hydrogen-bond donors (Lipinski definition) is 1. The molecule has 1 spiro atoms. The molecule has 2 aromatic rings. The molecule has 1 amide bonds. The standard InChI is InChI=1S/C28H34N2O4/c1-18(19-9-11-20(12-10-19)26(33)34-5)30-25(32)24(21-7-6-8-23(31)17-21)29-28(30)15-13-22(14-16-28)27(2,3)4/h6-12,17-18,22,31H,13-16H2,1-5H3/t18-,22?,28?/m1/s1. The monoisotopic (exact) mass is 462 g/mol. The molecule has 1 heterocycles. The Morgan fingerprint density at radius 1 is 1.15 bits per heavy atom. The van der Waals surface area contributed by atoms with Crippen LogP contribution in [0.2, 0.25) is 0 Å². The van der Waals surface area contributed by atoms with Crippen LogP contribution in [0.1, 0.15) is 80.9 Å². The van der Waals surface area contributed by atoms with Crippen molar-refractivity contribution in [3.05, 3.63) is 65.2 Å². The molecule has 0 bridgehead atoms. The number of rotatable bonds is 4. The zero-order valence-corrected chi connectivity index (χ0v) is 20.7. The lowest BCUT2D eigenvalue weighted by molar-refractivity contribution is -0.132. The van der Waals surface area contributed by atoms with Gasteiger partial charge in [0, 0.05) is 5.56 Å². The predicted octanol–water partition coefficient (Wildman–Crippen LogP) is 5.50. The maximum Gasteiger partial charge on any atom is 0.337 e. The molecule has 1 N–H and O–H groups in total. The van der Waals surface area contributed by atoms with E-state index in [1.807, 2.05) is 30.0 Å². The maximum absolute atomic E-state index is 13.8. The van der Waals surface area contributed by atoms with Crippen LogP contribution in [0.5, 0.6) is 5.75 Å². The van der Waals surface area contributed by atoms with Crippen LogP contribution in [0.4, 0.5) is 0 Å². The van der Waals surface area contributed by atoms with Gasteiger partial charge in [-0.1, -0.05) is 45.0 Å². The summed E-state index contributed by atoms with van der Waals surface area (Å²) in [5.74, 6) is 0.181. The molecule has 1 aliphatic carbocycles. The SMILES string of the molecule is COC(=O)c1ccc([C@@H](C)N2C(=O)C(c3cccc(O)c3)=NC23CCC(C(C)(C)C)CC3)cc1. The summed E-state index contributed by atoms with van der Waals surface area (Å²) in [4.78, 5) is 32.7. The second kappa shape index (κ2) is 8.90. The smallest absolute Gasteiger partial charge is 0.337 e. The summed E-state index contributed by atoms with van der Waals surface area (Å²) in [6.45, 7) is 8.85. The van der Waals surface area contributed by atoms with Gasteiger partial charge < -0.3 is 14.7 Å².